The molecule has 2 aromatic rings. The van der Waals surface area contributed by atoms with Crippen LogP contribution in [-0.2, 0) is 4.79 Å². The molecule has 2 rings (SSSR count). The Morgan fingerprint density at radius 2 is 1.91 bits per heavy atom. The van der Waals surface area contributed by atoms with Gasteiger partial charge in [0.1, 0.15) is 0 Å². The van der Waals surface area contributed by atoms with E-state index in [1.54, 1.807) is 24.3 Å². The number of hydrogen-bond acceptors (Lipinski definition) is 3. The number of hydrogen-bond donors (Lipinski definition) is 2. The normalized spacial score (nSPS) is 11.9. The van der Waals surface area contributed by atoms with Crippen LogP contribution < -0.4 is 10.1 Å². The number of amides is 1. The van der Waals surface area contributed by atoms with Crippen molar-refractivity contribution in [3.05, 3.63) is 58.6 Å². The summed E-state index contributed by atoms with van der Waals surface area (Å²) in [5.41, 5.74) is 0.169. The molecular formula is C16H14ClF2NO3. The molecule has 0 aromatic heterocycles. The summed E-state index contributed by atoms with van der Waals surface area (Å²) in [4.78, 5) is 11.9. The fourth-order valence-electron chi connectivity index (χ4n) is 1.96. The second-order valence-corrected chi connectivity index (χ2v) is 5.22. The molecule has 0 bridgehead atoms. The van der Waals surface area contributed by atoms with Gasteiger partial charge in [-0.05, 0) is 17.7 Å². The van der Waals surface area contributed by atoms with Crippen LogP contribution in [0.5, 0.6) is 5.75 Å². The van der Waals surface area contributed by atoms with E-state index >= 15 is 0 Å². The monoisotopic (exact) mass is 341 g/mol. The minimum absolute atomic E-state index is 0.262. The Morgan fingerprint density at radius 1 is 1.26 bits per heavy atom. The maximum atomic E-state index is 13.7. The summed E-state index contributed by atoms with van der Waals surface area (Å²) in [7, 11) is 1.21. The Bertz CT molecular complexity index is 707. The van der Waals surface area contributed by atoms with Crippen LogP contribution in [0.15, 0.2) is 36.4 Å². The van der Waals surface area contributed by atoms with Gasteiger partial charge in [0.25, 0.3) is 0 Å². The highest BCUT2D eigenvalue weighted by Gasteiger charge is 2.16. The highest BCUT2D eigenvalue weighted by molar-refractivity contribution is 6.30. The molecule has 0 heterocycles. The number of halogens is 3. The smallest absolute Gasteiger partial charge is 0.227 e. The second kappa shape index (κ2) is 7.39. The van der Waals surface area contributed by atoms with Crippen molar-refractivity contribution in [3.8, 4) is 5.75 Å². The van der Waals surface area contributed by atoms with Gasteiger partial charge < -0.3 is 15.2 Å². The van der Waals surface area contributed by atoms with Gasteiger partial charge >= 0.3 is 0 Å². The number of carbonyl (C=O) groups is 1. The summed E-state index contributed by atoms with van der Waals surface area (Å²) >= 11 is 5.74. The van der Waals surface area contributed by atoms with Crippen molar-refractivity contribution < 1.29 is 23.4 Å². The molecule has 23 heavy (non-hydrogen) atoms. The molecule has 0 radical (unpaired) electrons. The summed E-state index contributed by atoms with van der Waals surface area (Å²) < 4.78 is 31.9. The van der Waals surface area contributed by atoms with Gasteiger partial charge in [0, 0.05) is 17.2 Å². The third kappa shape index (κ3) is 4.40. The van der Waals surface area contributed by atoms with Crippen molar-refractivity contribution in [2.45, 2.75) is 12.5 Å². The van der Waals surface area contributed by atoms with Crippen LogP contribution in [0.4, 0.5) is 14.5 Å². The molecule has 0 aliphatic heterocycles. The van der Waals surface area contributed by atoms with E-state index in [2.05, 4.69) is 10.1 Å². The average Bonchev–Trinajstić information content (AvgIpc) is 2.51. The van der Waals surface area contributed by atoms with Crippen molar-refractivity contribution >= 4 is 23.2 Å². The van der Waals surface area contributed by atoms with Crippen LogP contribution in [0.3, 0.4) is 0 Å². The van der Waals surface area contributed by atoms with Crippen molar-refractivity contribution in [1.82, 2.24) is 0 Å². The molecule has 4 nitrogen and oxygen atoms in total. The van der Waals surface area contributed by atoms with Gasteiger partial charge in [0.05, 0.1) is 25.3 Å². The Morgan fingerprint density at radius 3 is 2.52 bits per heavy atom. The van der Waals surface area contributed by atoms with Gasteiger partial charge in [0.15, 0.2) is 17.4 Å². The topological polar surface area (TPSA) is 58.6 Å². The van der Waals surface area contributed by atoms with E-state index in [-0.39, 0.29) is 17.9 Å². The van der Waals surface area contributed by atoms with Crippen LogP contribution >= 0.6 is 11.6 Å². The van der Waals surface area contributed by atoms with E-state index in [9.17, 15) is 18.7 Å². The van der Waals surface area contributed by atoms with Gasteiger partial charge in [-0.2, -0.15) is 0 Å². The SMILES string of the molecule is COc1cc(F)c(NC(=O)CC(O)c2ccc(Cl)cc2)cc1F. The van der Waals surface area contributed by atoms with Crippen LogP contribution in [0, 0.1) is 11.6 Å². The van der Waals surface area contributed by atoms with Crippen molar-refractivity contribution in [3.63, 3.8) is 0 Å². The number of nitrogens with one attached hydrogen (secondary N) is 1. The maximum absolute atomic E-state index is 13.7. The number of benzene rings is 2. The Balaban J connectivity index is 2.04. The molecule has 1 unspecified atom stereocenters. The first-order valence-corrected chi connectivity index (χ1v) is 7.05. The van der Waals surface area contributed by atoms with Crippen molar-refractivity contribution in [2.24, 2.45) is 0 Å². The fourth-order valence-corrected chi connectivity index (χ4v) is 2.09. The third-order valence-corrected chi connectivity index (χ3v) is 3.40. The number of anilines is 1. The summed E-state index contributed by atoms with van der Waals surface area (Å²) in [5, 5.41) is 12.7. The lowest BCUT2D eigenvalue weighted by molar-refractivity contribution is -0.118. The van der Waals surface area contributed by atoms with Gasteiger partial charge in [-0.3, -0.25) is 4.79 Å². The molecule has 2 N–H and O–H groups in total. The Kier molecular flexibility index (Phi) is 5.52. The molecule has 2 aromatic carbocycles. The standard InChI is InChI=1S/C16H14ClF2NO3/c1-23-15-7-11(18)13(6-12(15)19)20-16(22)8-14(21)9-2-4-10(17)5-3-9/h2-7,14,21H,8H2,1H3,(H,20,22). The lowest BCUT2D eigenvalue weighted by Crippen LogP contribution is -2.16. The number of rotatable bonds is 5. The number of carbonyl (C=O) groups excluding carboxylic acids is 1. The number of methoxy groups -OCH3 is 1. The van der Waals surface area contributed by atoms with Crippen molar-refractivity contribution in [2.75, 3.05) is 12.4 Å². The molecule has 122 valence electrons. The van der Waals surface area contributed by atoms with E-state index in [0.29, 0.717) is 10.6 Å². The lowest BCUT2D eigenvalue weighted by Gasteiger charge is -2.12. The molecule has 0 aliphatic carbocycles. The number of aliphatic hydroxyl groups excluding tert-OH is 1. The quantitative estimate of drug-likeness (QED) is 0.872. The van der Waals surface area contributed by atoms with Gasteiger partial charge in [-0.1, -0.05) is 23.7 Å². The van der Waals surface area contributed by atoms with Crippen LogP contribution in [0.2, 0.25) is 5.02 Å². The molecule has 0 aliphatic rings. The highest BCUT2D eigenvalue weighted by atomic mass is 35.5. The third-order valence-electron chi connectivity index (χ3n) is 3.15. The van der Waals surface area contributed by atoms with Crippen LogP contribution in [0.25, 0.3) is 0 Å². The minimum atomic E-state index is -1.08. The van der Waals surface area contributed by atoms with E-state index < -0.39 is 23.6 Å². The summed E-state index contributed by atoms with van der Waals surface area (Å²) in [6.45, 7) is 0. The number of ether oxygens (including phenoxy) is 1. The second-order valence-electron chi connectivity index (χ2n) is 4.79. The highest BCUT2D eigenvalue weighted by Crippen LogP contribution is 2.25. The lowest BCUT2D eigenvalue weighted by atomic mass is 10.1. The minimum Gasteiger partial charge on any atom is -0.494 e. The molecule has 0 fully saturated rings. The first-order chi connectivity index (χ1) is 10.9. The zero-order valence-corrected chi connectivity index (χ0v) is 12.9. The van der Waals surface area contributed by atoms with Crippen LogP contribution in [-0.4, -0.2) is 18.1 Å². The predicted molar refractivity (Wildman–Crippen MR) is 82.6 cm³/mol. The van der Waals surface area contributed by atoms with Crippen molar-refractivity contribution in [1.29, 1.82) is 0 Å². The van der Waals surface area contributed by atoms with Crippen LogP contribution in [0.1, 0.15) is 18.1 Å². The molecule has 0 spiro atoms. The largest absolute Gasteiger partial charge is 0.494 e. The predicted octanol–water partition coefficient (Wildman–Crippen LogP) is 3.69. The molecule has 0 saturated carbocycles. The van der Waals surface area contributed by atoms with Gasteiger partial charge in [-0.25, -0.2) is 8.78 Å². The molecule has 1 atom stereocenters. The number of aliphatic hydroxyl groups is 1. The molecular weight excluding hydrogens is 328 g/mol. The first kappa shape index (κ1) is 17.2. The summed E-state index contributed by atoms with van der Waals surface area (Å²) in [6.07, 6.45) is -1.40. The Labute approximate surface area is 136 Å². The van der Waals surface area contributed by atoms with E-state index in [4.69, 9.17) is 11.6 Å². The zero-order chi connectivity index (χ0) is 17.0. The molecule has 1 amide bonds. The maximum Gasteiger partial charge on any atom is 0.227 e. The average molecular weight is 342 g/mol. The Hall–Kier alpha value is -2.18. The van der Waals surface area contributed by atoms with E-state index in [1.807, 2.05) is 0 Å². The van der Waals surface area contributed by atoms with Gasteiger partial charge in [-0.15, -0.1) is 0 Å². The molecule has 0 saturated heterocycles. The first-order valence-electron chi connectivity index (χ1n) is 6.67. The fraction of sp³-hybridized carbons (Fsp3) is 0.188. The van der Waals surface area contributed by atoms with Gasteiger partial charge in [0.2, 0.25) is 5.91 Å². The summed E-state index contributed by atoms with van der Waals surface area (Å²) in [5.74, 6) is -2.56. The molecule has 7 heteroatoms. The van der Waals surface area contributed by atoms with E-state index in [0.717, 1.165) is 12.1 Å². The van der Waals surface area contributed by atoms with E-state index in [1.165, 1.54) is 7.11 Å². The zero-order valence-electron chi connectivity index (χ0n) is 12.1. The summed E-state index contributed by atoms with van der Waals surface area (Å²) in [6, 6.07) is 7.97.